The molecular weight excluding hydrogens is 347 g/mol. The maximum absolute atomic E-state index is 12.8. The van der Waals surface area contributed by atoms with E-state index < -0.39 is 26.5 Å². The molecule has 0 N–H and O–H groups in total. The van der Waals surface area contributed by atoms with E-state index in [1.807, 2.05) is 0 Å². The van der Waals surface area contributed by atoms with E-state index in [0.717, 1.165) is 18.4 Å². The van der Waals surface area contributed by atoms with Crippen molar-refractivity contribution in [2.75, 3.05) is 25.3 Å². The number of hydrogen-bond donors (Lipinski definition) is 0. The first-order valence-corrected chi connectivity index (χ1v) is 8.47. The van der Waals surface area contributed by atoms with Gasteiger partial charge in [0.1, 0.15) is 16.5 Å². The Morgan fingerprint density at radius 3 is 2.38 bits per heavy atom. The molecule has 0 saturated heterocycles. The van der Waals surface area contributed by atoms with E-state index in [1.165, 1.54) is 6.20 Å². The van der Waals surface area contributed by atoms with Crippen LogP contribution >= 0.6 is 0 Å². The van der Waals surface area contributed by atoms with Crippen molar-refractivity contribution in [3.63, 3.8) is 0 Å². The Morgan fingerprint density at radius 1 is 1.17 bits per heavy atom. The number of rotatable bonds is 4. The third-order valence-electron chi connectivity index (χ3n) is 2.95. The molecule has 1 aromatic heterocycles. The van der Waals surface area contributed by atoms with Crippen molar-refractivity contribution in [2.45, 2.75) is 11.1 Å². The van der Waals surface area contributed by atoms with E-state index in [-0.39, 0.29) is 11.8 Å². The van der Waals surface area contributed by atoms with Crippen LogP contribution in [0.3, 0.4) is 0 Å². The van der Waals surface area contributed by atoms with Gasteiger partial charge >= 0.3 is 12.2 Å². The monoisotopic (exact) mass is 361 g/mol. The van der Waals surface area contributed by atoms with Crippen molar-refractivity contribution >= 4 is 15.7 Å². The van der Waals surface area contributed by atoms with E-state index in [2.05, 4.69) is 9.97 Å². The largest absolute Gasteiger partial charge is 0.423 e. The molecular formula is C14H14F3N3O3S. The van der Waals surface area contributed by atoms with Crippen LogP contribution in [0.4, 0.5) is 19.0 Å². The second-order valence-electron chi connectivity index (χ2n) is 5.13. The molecule has 0 aliphatic heterocycles. The van der Waals surface area contributed by atoms with Crippen LogP contribution in [0, 0.1) is 0 Å². The van der Waals surface area contributed by atoms with E-state index in [4.69, 9.17) is 4.74 Å². The number of alkyl halides is 3. The van der Waals surface area contributed by atoms with Crippen LogP contribution in [0.1, 0.15) is 5.56 Å². The number of anilines is 1. The molecule has 0 aliphatic carbocycles. The van der Waals surface area contributed by atoms with Crippen molar-refractivity contribution in [1.29, 1.82) is 0 Å². The lowest BCUT2D eigenvalue weighted by molar-refractivity contribution is -0.137. The van der Waals surface area contributed by atoms with Gasteiger partial charge in [0.25, 0.3) is 0 Å². The molecule has 0 bridgehead atoms. The average Bonchev–Trinajstić information content (AvgIpc) is 2.45. The minimum absolute atomic E-state index is 0.175. The minimum atomic E-state index is -4.67. The summed E-state index contributed by atoms with van der Waals surface area (Å²) >= 11 is 0. The van der Waals surface area contributed by atoms with Crippen LogP contribution in [0.15, 0.2) is 35.4 Å². The SMILES string of the molecule is CN(C)c1ccnc(Oc2ccc(C(F)(F)F)cc2S(C)(=O)=O)n1. The van der Waals surface area contributed by atoms with Crippen molar-refractivity contribution < 1.29 is 26.3 Å². The van der Waals surface area contributed by atoms with E-state index in [0.29, 0.717) is 11.9 Å². The number of halogens is 3. The van der Waals surface area contributed by atoms with Gasteiger partial charge in [-0.3, -0.25) is 0 Å². The van der Waals surface area contributed by atoms with Crippen molar-refractivity contribution in [3.05, 3.63) is 36.0 Å². The fourth-order valence-corrected chi connectivity index (χ4v) is 2.60. The van der Waals surface area contributed by atoms with Crippen LogP contribution in [-0.2, 0) is 16.0 Å². The number of aromatic nitrogens is 2. The van der Waals surface area contributed by atoms with Crippen LogP contribution in [0.5, 0.6) is 11.8 Å². The summed E-state index contributed by atoms with van der Waals surface area (Å²) < 4.78 is 67.3. The number of hydrogen-bond acceptors (Lipinski definition) is 6. The summed E-state index contributed by atoms with van der Waals surface area (Å²) in [5.74, 6) is 0.217. The molecule has 0 saturated carbocycles. The standard InChI is InChI=1S/C14H14F3N3O3S/c1-20(2)12-6-7-18-13(19-12)23-10-5-4-9(14(15,16)17)8-11(10)24(3,21)22/h4-8H,1-3H3. The van der Waals surface area contributed by atoms with Gasteiger partial charge in [-0.15, -0.1) is 0 Å². The van der Waals surface area contributed by atoms with Gasteiger partial charge in [-0.05, 0) is 24.3 Å². The second-order valence-corrected chi connectivity index (χ2v) is 7.11. The van der Waals surface area contributed by atoms with Crippen LogP contribution in [0.2, 0.25) is 0 Å². The zero-order valence-electron chi connectivity index (χ0n) is 13.0. The van der Waals surface area contributed by atoms with Crippen molar-refractivity contribution in [1.82, 2.24) is 9.97 Å². The Labute approximate surface area is 136 Å². The fourth-order valence-electron chi connectivity index (χ4n) is 1.79. The third-order valence-corrected chi connectivity index (χ3v) is 4.07. The summed E-state index contributed by atoms with van der Waals surface area (Å²) in [5.41, 5.74) is -1.08. The van der Waals surface area contributed by atoms with E-state index in [1.54, 1.807) is 25.1 Å². The molecule has 1 heterocycles. The zero-order valence-corrected chi connectivity index (χ0v) is 13.8. The summed E-state index contributed by atoms with van der Waals surface area (Å²) in [6, 6.07) is 3.62. The van der Waals surface area contributed by atoms with Crippen LogP contribution in [-0.4, -0.2) is 38.7 Å². The Morgan fingerprint density at radius 2 is 1.83 bits per heavy atom. The zero-order chi connectivity index (χ0) is 18.1. The molecule has 130 valence electrons. The summed E-state index contributed by atoms with van der Waals surface area (Å²) in [7, 11) is -0.497. The highest BCUT2D eigenvalue weighted by molar-refractivity contribution is 7.90. The highest BCUT2D eigenvalue weighted by Gasteiger charge is 2.32. The molecule has 0 amide bonds. The lowest BCUT2D eigenvalue weighted by Gasteiger charge is -2.14. The molecule has 24 heavy (non-hydrogen) atoms. The predicted molar refractivity (Wildman–Crippen MR) is 81.0 cm³/mol. The normalized spacial score (nSPS) is 12.1. The van der Waals surface area contributed by atoms with Gasteiger partial charge in [0, 0.05) is 26.5 Å². The van der Waals surface area contributed by atoms with Gasteiger partial charge in [0.2, 0.25) is 0 Å². The maximum Gasteiger partial charge on any atom is 0.416 e. The fraction of sp³-hybridized carbons (Fsp3) is 0.286. The van der Waals surface area contributed by atoms with Gasteiger partial charge < -0.3 is 9.64 Å². The first-order valence-electron chi connectivity index (χ1n) is 6.58. The molecule has 0 radical (unpaired) electrons. The lowest BCUT2D eigenvalue weighted by atomic mass is 10.2. The number of benzene rings is 1. The molecule has 2 rings (SSSR count). The van der Waals surface area contributed by atoms with Gasteiger partial charge in [0.05, 0.1) is 5.56 Å². The quantitative estimate of drug-likeness (QED) is 0.834. The Hall–Kier alpha value is -2.36. The molecule has 0 spiro atoms. The molecule has 0 atom stereocenters. The molecule has 0 fully saturated rings. The van der Waals surface area contributed by atoms with Crippen LogP contribution in [0.25, 0.3) is 0 Å². The number of nitrogens with zero attached hydrogens (tertiary/aromatic N) is 3. The first-order chi connectivity index (χ1) is 11.0. The molecule has 6 nitrogen and oxygen atoms in total. The molecule has 1 aromatic carbocycles. The van der Waals surface area contributed by atoms with Gasteiger partial charge in [0.15, 0.2) is 9.84 Å². The summed E-state index contributed by atoms with van der Waals surface area (Å²) in [6.07, 6.45) is -2.48. The summed E-state index contributed by atoms with van der Waals surface area (Å²) in [4.78, 5) is 8.95. The Bertz CT molecular complexity index is 852. The minimum Gasteiger partial charge on any atom is -0.423 e. The number of ether oxygens (including phenoxy) is 1. The number of sulfone groups is 1. The Balaban J connectivity index is 2.49. The molecule has 10 heteroatoms. The summed E-state index contributed by atoms with van der Waals surface area (Å²) in [5, 5.41) is 0. The van der Waals surface area contributed by atoms with Crippen LogP contribution < -0.4 is 9.64 Å². The van der Waals surface area contributed by atoms with Gasteiger partial charge in [-0.25, -0.2) is 13.4 Å². The highest BCUT2D eigenvalue weighted by Crippen LogP contribution is 2.35. The topological polar surface area (TPSA) is 72.4 Å². The smallest absolute Gasteiger partial charge is 0.416 e. The predicted octanol–water partition coefficient (Wildman–Crippen LogP) is 2.76. The third kappa shape index (κ3) is 4.13. The Kier molecular flexibility index (Phi) is 4.70. The second kappa shape index (κ2) is 6.27. The van der Waals surface area contributed by atoms with Crippen molar-refractivity contribution in [3.8, 4) is 11.8 Å². The van der Waals surface area contributed by atoms with Crippen molar-refractivity contribution in [2.24, 2.45) is 0 Å². The van der Waals surface area contributed by atoms with Gasteiger partial charge in [-0.2, -0.15) is 18.2 Å². The maximum atomic E-state index is 12.8. The van der Waals surface area contributed by atoms with E-state index >= 15 is 0 Å². The molecule has 2 aromatic rings. The average molecular weight is 361 g/mol. The van der Waals surface area contributed by atoms with Gasteiger partial charge in [-0.1, -0.05) is 0 Å². The summed E-state index contributed by atoms with van der Waals surface area (Å²) in [6.45, 7) is 0. The highest BCUT2D eigenvalue weighted by atomic mass is 32.2. The lowest BCUT2D eigenvalue weighted by Crippen LogP contribution is -2.11. The van der Waals surface area contributed by atoms with E-state index in [9.17, 15) is 21.6 Å². The molecule has 0 aliphatic rings. The first kappa shape index (κ1) is 18.0. The molecule has 0 unspecified atom stereocenters.